The normalized spacial score (nSPS) is 16.2. The molecule has 1 amide bonds. The van der Waals surface area contributed by atoms with Crippen LogP contribution in [0.2, 0.25) is 5.02 Å². The Morgan fingerprint density at radius 1 is 1.25 bits per heavy atom. The third kappa shape index (κ3) is 4.50. The Morgan fingerprint density at radius 2 is 1.90 bits per heavy atom. The summed E-state index contributed by atoms with van der Waals surface area (Å²) in [6.45, 7) is 5.28. The average Bonchev–Trinajstić information content (AvgIpc) is 3.24. The van der Waals surface area contributed by atoms with Gasteiger partial charge < -0.3 is 10.6 Å². The zero-order valence-electron chi connectivity index (χ0n) is 12.2. The second kappa shape index (κ2) is 7.09. The summed E-state index contributed by atoms with van der Waals surface area (Å²) in [7, 11) is 0. The van der Waals surface area contributed by atoms with Crippen LogP contribution in [0.15, 0.2) is 24.3 Å². The molecule has 0 bridgehead atoms. The summed E-state index contributed by atoms with van der Waals surface area (Å²) in [4.78, 5) is 11.5. The molecule has 0 heterocycles. The third-order valence-electron chi connectivity index (χ3n) is 3.64. The standard InChI is InChI=1S/C16H23ClN2O/c1-11(2)16(20)19-10-9-18-15(12-3-4-12)13-5-7-14(17)8-6-13/h5-8,11-12,15,18H,3-4,9-10H2,1-2H3,(H,19,20). The van der Waals surface area contributed by atoms with Crippen LogP contribution in [-0.4, -0.2) is 19.0 Å². The van der Waals surface area contributed by atoms with Crippen molar-refractivity contribution in [2.24, 2.45) is 11.8 Å². The predicted molar refractivity (Wildman–Crippen MR) is 82.8 cm³/mol. The molecule has 0 aromatic heterocycles. The molecule has 1 unspecified atom stereocenters. The summed E-state index contributed by atoms with van der Waals surface area (Å²) in [6, 6.07) is 8.43. The van der Waals surface area contributed by atoms with Gasteiger partial charge in [-0.1, -0.05) is 37.6 Å². The van der Waals surface area contributed by atoms with E-state index < -0.39 is 0 Å². The van der Waals surface area contributed by atoms with E-state index in [0.717, 1.165) is 17.5 Å². The highest BCUT2D eigenvalue weighted by molar-refractivity contribution is 6.30. The van der Waals surface area contributed by atoms with Crippen LogP contribution in [0.3, 0.4) is 0 Å². The fraction of sp³-hybridized carbons (Fsp3) is 0.562. The number of nitrogens with one attached hydrogen (secondary N) is 2. The Kier molecular flexibility index (Phi) is 5.44. The molecule has 1 aromatic carbocycles. The van der Waals surface area contributed by atoms with E-state index in [1.165, 1.54) is 18.4 Å². The largest absolute Gasteiger partial charge is 0.355 e. The van der Waals surface area contributed by atoms with Gasteiger partial charge in [-0.3, -0.25) is 4.79 Å². The molecule has 1 aliphatic rings. The van der Waals surface area contributed by atoms with E-state index in [9.17, 15) is 4.79 Å². The smallest absolute Gasteiger partial charge is 0.222 e. The number of carbonyl (C=O) groups excluding carboxylic acids is 1. The van der Waals surface area contributed by atoms with Crippen LogP contribution in [0.4, 0.5) is 0 Å². The van der Waals surface area contributed by atoms with Gasteiger partial charge in [0, 0.05) is 30.1 Å². The summed E-state index contributed by atoms with van der Waals surface area (Å²) >= 11 is 5.93. The van der Waals surface area contributed by atoms with Crippen LogP contribution in [0, 0.1) is 11.8 Å². The lowest BCUT2D eigenvalue weighted by Crippen LogP contribution is -2.36. The first-order valence-electron chi connectivity index (χ1n) is 7.34. The summed E-state index contributed by atoms with van der Waals surface area (Å²) in [5.74, 6) is 0.878. The second-order valence-corrected chi connectivity index (χ2v) is 6.20. The second-order valence-electron chi connectivity index (χ2n) is 5.77. The maximum atomic E-state index is 11.5. The van der Waals surface area contributed by atoms with Crippen LogP contribution in [0.5, 0.6) is 0 Å². The van der Waals surface area contributed by atoms with Crippen molar-refractivity contribution >= 4 is 17.5 Å². The molecule has 0 saturated heterocycles. The number of hydrogen-bond acceptors (Lipinski definition) is 2. The maximum Gasteiger partial charge on any atom is 0.222 e. The highest BCUT2D eigenvalue weighted by atomic mass is 35.5. The SMILES string of the molecule is CC(C)C(=O)NCCNC(c1ccc(Cl)cc1)C1CC1. The van der Waals surface area contributed by atoms with E-state index in [1.807, 2.05) is 26.0 Å². The van der Waals surface area contributed by atoms with Crippen molar-refractivity contribution < 1.29 is 4.79 Å². The van der Waals surface area contributed by atoms with E-state index in [2.05, 4.69) is 22.8 Å². The Morgan fingerprint density at radius 3 is 2.45 bits per heavy atom. The van der Waals surface area contributed by atoms with E-state index in [-0.39, 0.29) is 11.8 Å². The molecular weight excluding hydrogens is 272 g/mol. The Labute approximate surface area is 126 Å². The van der Waals surface area contributed by atoms with Crippen molar-refractivity contribution in [3.63, 3.8) is 0 Å². The van der Waals surface area contributed by atoms with Crippen LogP contribution >= 0.6 is 11.6 Å². The van der Waals surface area contributed by atoms with Crippen molar-refractivity contribution in [1.29, 1.82) is 0 Å². The summed E-state index contributed by atoms with van der Waals surface area (Å²) in [5, 5.41) is 7.26. The molecule has 4 heteroatoms. The number of rotatable bonds is 7. The molecule has 1 aliphatic carbocycles. The van der Waals surface area contributed by atoms with E-state index >= 15 is 0 Å². The molecule has 2 N–H and O–H groups in total. The van der Waals surface area contributed by atoms with Gasteiger partial charge in [-0.2, -0.15) is 0 Å². The van der Waals surface area contributed by atoms with Crippen LogP contribution in [-0.2, 0) is 4.79 Å². The third-order valence-corrected chi connectivity index (χ3v) is 3.89. The molecule has 110 valence electrons. The minimum atomic E-state index is 0.0468. The summed E-state index contributed by atoms with van der Waals surface area (Å²) < 4.78 is 0. The van der Waals surface area contributed by atoms with E-state index in [4.69, 9.17) is 11.6 Å². The van der Waals surface area contributed by atoms with Crippen molar-refractivity contribution in [3.8, 4) is 0 Å². The molecule has 1 atom stereocenters. The molecule has 0 radical (unpaired) electrons. The molecular formula is C16H23ClN2O. The topological polar surface area (TPSA) is 41.1 Å². The van der Waals surface area contributed by atoms with Gasteiger partial charge in [0.05, 0.1) is 0 Å². The molecule has 20 heavy (non-hydrogen) atoms. The van der Waals surface area contributed by atoms with Crippen molar-refractivity contribution in [2.45, 2.75) is 32.7 Å². The Hall–Kier alpha value is -1.06. The van der Waals surface area contributed by atoms with Crippen molar-refractivity contribution in [3.05, 3.63) is 34.9 Å². The lowest BCUT2D eigenvalue weighted by molar-refractivity contribution is -0.123. The molecule has 0 aliphatic heterocycles. The fourth-order valence-corrected chi connectivity index (χ4v) is 2.40. The van der Waals surface area contributed by atoms with Gasteiger partial charge >= 0.3 is 0 Å². The van der Waals surface area contributed by atoms with Crippen LogP contribution in [0.25, 0.3) is 0 Å². The summed E-state index contributed by atoms with van der Waals surface area (Å²) in [5.41, 5.74) is 1.28. The Bertz CT molecular complexity index is 440. The zero-order chi connectivity index (χ0) is 14.5. The van der Waals surface area contributed by atoms with Gasteiger partial charge in [0.25, 0.3) is 0 Å². The van der Waals surface area contributed by atoms with Gasteiger partial charge in [0.1, 0.15) is 0 Å². The molecule has 1 saturated carbocycles. The first kappa shape index (κ1) is 15.3. The molecule has 2 rings (SSSR count). The van der Waals surface area contributed by atoms with Gasteiger partial charge in [-0.05, 0) is 36.5 Å². The van der Waals surface area contributed by atoms with Crippen molar-refractivity contribution in [2.75, 3.05) is 13.1 Å². The zero-order valence-corrected chi connectivity index (χ0v) is 12.9. The van der Waals surface area contributed by atoms with Crippen LogP contribution in [0.1, 0.15) is 38.3 Å². The van der Waals surface area contributed by atoms with Gasteiger partial charge in [0.15, 0.2) is 0 Å². The molecule has 0 spiro atoms. The number of hydrogen-bond donors (Lipinski definition) is 2. The highest BCUT2D eigenvalue weighted by Crippen LogP contribution is 2.41. The first-order chi connectivity index (χ1) is 9.58. The minimum absolute atomic E-state index is 0.0468. The molecule has 1 aromatic rings. The highest BCUT2D eigenvalue weighted by Gasteiger charge is 2.31. The van der Waals surface area contributed by atoms with Gasteiger partial charge in [0.2, 0.25) is 5.91 Å². The van der Waals surface area contributed by atoms with E-state index in [0.29, 0.717) is 12.6 Å². The summed E-state index contributed by atoms with van der Waals surface area (Å²) in [6.07, 6.45) is 2.55. The fourth-order valence-electron chi connectivity index (χ4n) is 2.27. The quantitative estimate of drug-likeness (QED) is 0.759. The molecule has 1 fully saturated rings. The number of amides is 1. The van der Waals surface area contributed by atoms with Crippen LogP contribution < -0.4 is 10.6 Å². The minimum Gasteiger partial charge on any atom is -0.355 e. The average molecular weight is 295 g/mol. The lowest BCUT2D eigenvalue weighted by atomic mass is 10.0. The number of halogens is 1. The van der Waals surface area contributed by atoms with E-state index in [1.54, 1.807) is 0 Å². The molecule has 3 nitrogen and oxygen atoms in total. The number of carbonyl (C=O) groups is 1. The lowest BCUT2D eigenvalue weighted by Gasteiger charge is -2.19. The Balaban J connectivity index is 1.81. The predicted octanol–water partition coefficient (Wildman–Crippen LogP) is 3.15. The van der Waals surface area contributed by atoms with Gasteiger partial charge in [-0.15, -0.1) is 0 Å². The number of benzene rings is 1. The van der Waals surface area contributed by atoms with Gasteiger partial charge in [-0.25, -0.2) is 0 Å². The van der Waals surface area contributed by atoms with Crippen molar-refractivity contribution in [1.82, 2.24) is 10.6 Å². The first-order valence-corrected chi connectivity index (χ1v) is 7.72. The maximum absolute atomic E-state index is 11.5. The monoisotopic (exact) mass is 294 g/mol.